The third kappa shape index (κ3) is 5.96. The number of aromatic nitrogens is 1. The number of anilines is 1. The Hall–Kier alpha value is -4.17. The van der Waals surface area contributed by atoms with Gasteiger partial charge in [0.1, 0.15) is 6.54 Å². The fourth-order valence-corrected chi connectivity index (χ4v) is 6.24. The molecular formula is C31H34N4O3S. The first kappa shape index (κ1) is 27.9. The number of hydrogen-bond acceptors (Lipinski definition) is 4. The van der Waals surface area contributed by atoms with E-state index in [-0.39, 0.29) is 4.90 Å². The van der Waals surface area contributed by atoms with Crippen LogP contribution in [0.3, 0.4) is 0 Å². The lowest BCUT2D eigenvalue weighted by Gasteiger charge is -2.25. The van der Waals surface area contributed by atoms with Crippen molar-refractivity contribution in [3.8, 4) is 5.69 Å². The van der Waals surface area contributed by atoms with Crippen LogP contribution in [0.5, 0.6) is 0 Å². The number of para-hydroxylation sites is 1. The molecule has 1 aromatic heterocycles. The lowest BCUT2D eigenvalue weighted by atomic mass is 10.1. The van der Waals surface area contributed by atoms with Gasteiger partial charge < -0.3 is 4.57 Å². The Bertz CT molecular complexity index is 1620. The molecule has 0 spiro atoms. The van der Waals surface area contributed by atoms with Gasteiger partial charge in [-0.15, -0.1) is 0 Å². The summed E-state index contributed by atoms with van der Waals surface area (Å²) in [6.45, 7) is 9.73. The number of hydrogen-bond donors (Lipinski definition) is 1. The number of rotatable bonds is 9. The fraction of sp³-hybridized carbons (Fsp3) is 0.226. The quantitative estimate of drug-likeness (QED) is 0.220. The van der Waals surface area contributed by atoms with Crippen LogP contribution in [0.4, 0.5) is 5.69 Å². The lowest BCUT2D eigenvalue weighted by Crippen LogP contribution is -2.40. The number of nitrogens with zero attached hydrogens (tertiary/aromatic N) is 3. The molecule has 1 amide bonds. The van der Waals surface area contributed by atoms with Crippen molar-refractivity contribution >= 4 is 27.8 Å². The molecule has 0 atom stereocenters. The second kappa shape index (κ2) is 11.7. The van der Waals surface area contributed by atoms with E-state index >= 15 is 0 Å². The van der Waals surface area contributed by atoms with Crippen molar-refractivity contribution < 1.29 is 13.2 Å². The molecule has 0 fully saturated rings. The fourth-order valence-electron chi connectivity index (χ4n) is 4.76. The van der Waals surface area contributed by atoms with Crippen molar-refractivity contribution in [3.63, 3.8) is 0 Å². The highest BCUT2D eigenvalue weighted by Crippen LogP contribution is 2.27. The van der Waals surface area contributed by atoms with E-state index in [1.165, 1.54) is 23.3 Å². The molecule has 1 heterocycles. The molecule has 0 unspecified atom stereocenters. The topological polar surface area (TPSA) is 83.8 Å². The molecule has 3 aromatic carbocycles. The Morgan fingerprint density at radius 2 is 1.64 bits per heavy atom. The number of carbonyl (C=O) groups is 1. The van der Waals surface area contributed by atoms with E-state index in [1.54, 1.807) is 36.5 Å². The van der Waals surface area contributed by atoms with Crippen molar-refractivity contribution in [1.29, 1.82) is 0 Å². The summed E-state index contributed by atoms with van der Waals surface area (Å²) in [5.41, 5.74) is 10.2. The molecular weight excluding hydrogens is 508 g/mol. The van der Waals surface area contributed by atoms with Crippen LogP contribution in [0.15, 0.2) is 88.9 Å². The Balaban J connectivity index is 1.58. The molecule has 1 N–H and O–H groups in total. The number of benzene rings is 3. The third-order valence-electron chi connectivity index (χ3n) is 6.72. The predicted octanol–water partition coefficient (Wildman–Crippen LogP) is 5.62. The molecule has 8 heteroatoms. The average molecular weight is 543 g/mol. The number of amides is 1. The Kier molecular flexibility index (Phi) is 8.35. The number of carbonyl (C=O) groups excluding carboxylic acids is 1. The molecule has 202 valence electrons. The van der Waals surface area contributed by atoms with Crippen molar-refractivity contribution in [2.24, 2.45) is 5.10 Å². The van der Waals surface area contributed by atoms with E-state index in [2.05, 4.69) is 47.1 Å². The van der Waals surface area contributed by atoms with Crippen LogP contribution < -0.4 is 9.73 Å². The highest BCUT2D eigenvalue weighted by Gasteiger charge is 2.28. The minimum absolute atomic E-state index is 0.117. The molecule has 0 saturated carbocycles. The van der Waals surface area contributed by atoms with Crippen LogP contribution in [0.1, 0.15) is 40.6 Å². The summed E-state index contributed by atoms with van der Waals surface area (Å²) in [5, 5.41) is 4.17. The van der Waals surface area contributed by atoms with Crippen LogP contribution >= 0.6 is 0 Å². The van der Waals surface area contributed by atoms with E-state index in [1.807, 2.05) is 39.0 Å². The molecule has 39 heavy (non-hydrogen) atoms. The lowest BCUT2D eigenvalue weighted by molar-refractivity contribution is -0.119. The second-order valence-corrected chi connectivity index (χ2v) is 11.4. The number of nitrogens with one attached hydrogen (secondary N) is 1. The first-order valence-corrected chi connectivity index (χ1v) is 14.3. The maximum absolute atomic E-state index is 13.6. The van der Waals surface area contributed by atoms with Gasteiger partial charge in [-0.25, -0.2) is 13.8 Å². The van der Waals surface area contributed by atoms with Gasteiger partial charge in [0.15, 0.2) is 0 Å². The predicted molar refractivity (Wildman–Crippen MR) is 157 cm³/mol. The van der Waals surface area contributed by atoms with Gasteiger partial charge in [0.2, 0.25) is 0 Å². The summed E-state index contributed by atoms with van der Waals surface area (Å²) in [6, 6.07) is 23.7. The Labute approximate surface area is 230 Å². The molecule has 0 aliphatic rings. The van der Waals surface area contributed by atoms with Gasteiger partial charge in [-0.2, -0.15) is 5.10 Å². The third-order valence-corrected chi connectivity index (χ3v) is 8.49. The minimum Gasteiger partial charge on any atom is -0.318 e. The van der Waals surface area contributed by atoms with E-state index < -0.39 is 22.5 Å². The van der Waals surface area contributed by atoms with Crippen molar-refractivity contribution in [1.82, 2.24) is 9.99 Å². The first-order chi connectivity index (χ1) is 18.6. The minimum atomic E-state index is -3.99. The standard InChI is InChI=1S/C31H34N4O3S/c1-6-26-12-10-11-15-30(26)34(39(37,38)28-13-8-7-9-14-28)21-31(36)33-32-20-27-19-24(4)35(25(27)5)29-17-16-22(2)18-23(29)3/h7-20H,6,21H2,1-5H3,(H,33,36)/b32-20-. The molecule has 0 aliphatic carbocycles. The van der Waals surface area contributed by atoms with Crippen LogP contribution in [0.2, 0.25) is 0 Å². The van der Waals surface area contributed by atoms with Crippen molar-refractivity contribution in [2.45, 2.75) is 45.9 Å². The average Bonchev–Trinajstić information content (AvgIpc) is 3.20. The molecule has 4 aromatic rings. The van der Waals surface area contributed by atoms with Gasteiger partial charge in [-0.1, -0.05) is 61.0 Å². The normalized spacial score (nSPS) is 11.6. The summed E-state index contributed by atoms with van der Waals surface area (Å²) in [6.07, 6.45) is 2.21. The zero-order valence-electron chi connectivity index (χ0n) is 23.0. The summed E-state index contributed by atoms with van der Waals surface area (Å²) < 4.78 is 30.5. The van der Waals surface area contributed by atoms with E-state index in [0.29, 0.717) is 12.1 Å². The number of aryl methyl sites for hydroxylation is 4. The number of hydrazone groups is 1. The van der Waals surface area contributed by atoms with Crippen LogP contribution in [0.25, 0.3) is 5.69 Å². The first-order valence-electron chi connectivity index (χ1n) is 12.9. The van der Waals surface area contributed by atoms with Crippen LogP contribution in [-0.4, -0.2) is 31.7 Å². The van der Waals surface area contributed by atoms with Gasteiger partial charge in [0, 0.05) is 22.6 Å². The maximum Gasteiger partial charge on any atom is 0.264 e. The molecule has 7 nitrogen and oxygen atoms in total. The van der Waals surface area contributed by atoms with Gasteiger partial charge in [-0.05, 0) is 75.6 Å². The maximum atomic E-state index is 13.6. The largest absolute Gasteiger partial charge is 0.318 e. The Morgan fingerprint density at radius 3 is 2.33 bits per heavy atom. The highest BCUT2D eigenvalue weighted by atomic mass is 32.2. The van der Waals surface area contributed by atoms with Gasteiger partial charge in [0.25, 0.3) is 15.9 Å². The van der Waals surface area contributed by atoms with Gasteiger partial charge >= 0.3 is 0 Å². The highest BCUT2D eigenvalue weighted by molar-refractivity contribution is 7.92. The molecule has 0 radical (unpaired) electrons. The second-order valence-electron chi connectivity index (χ2n) is 9.55. The molecule has 4 rings (SSSR count). The molecule has 0 saturated heterocycles. The van der Waals surface area contributed by atoms with E-state index in [0.717, 1.165) is 32.5 Å². The summed E-state index contributed by atoms with van der Waals surface area (Å²) >= 11 is 0. The zero-order valence-corrected chi connectivity index (χ0v) is 23.8. The van der Waals surface area contributed by atoms with Gasteiger partial charge in [-0.3, -0.25) is 9.10 Å². The Morgan fingerprint density at radius 1 is 0.949 bits per heavy atom. The van der Waals surface area contributed by atoms with Crippen LogP contribution in [0, 0.1) is 27.7 Å². The van der Waals surface area contributed by atoms with Crippen LogP contribution in [-0.2, 0) is 21.2 Å². The van der Waals surface area contributed by atoms with Crippen molar-refractivity contribution in [3.05, 3.63) is 113 Å². The zero-order chi connectivity index (χ0) is 28.2. The SMILES string of the molecule is CCc1ccccc1N(CC(=O)N/N=C\c1cc(C)n(-c2ccc(C)cc2C)c1C)S(=O)(=O)c1ccccc1. The summed E-state index contributed by atoms with van der Waals surface area (Å²) in [5.74, 6) is -0.542. The van der Waals surface area contributed by atoms with E-state index in [4.69, 9.17) is 0 Å². The summed E-state index contributed by atoms with van der Waals surface area (Å²) in [4.78, 5) is 13.1. The molecule has 0 aliphatic heterocycles. The van der Waals surface area contributed by atoms with Gasteiger partial charge in [0.05, 0.1) is 16.8 Å². The molecule has 0 bridgehead atoms. The summed E-state index contributed by atoms with van der Waals surface area (Å²) in [7, 11) is -3.99. The van der Waals surface area contributed by atoms with Crippen molar-refractivity contribution in [2.75, 3.05) is 10.8 Å². The smallest absolute Gasteiger partial charge is 0.264 e. The monoisotopic (exact) mass is 542 g/mol. The van der Waals surface area contributed by atoms with E-state index in [9.17, 15) is 13.2 Å². The number of sulfonamides is 1.